The lowest BCUT2D eigenvalue weighted by Crippen LogP contribution is -2.44. The minimum absolute atomic E-state index is 0. The second-order valence-electron chi connectivity index (χ2n) is 6.32. The number of benzene rings is 1. The van der Waals surface area contributed by atoms with Crippen LogP contribution in [-0.2, 0) is 0 Å². The van der Waals surface area contributed by atoms with E-state index in [0.717, 1.165) is 45.6 Å². The number of unbranched alkanes of at least 4 members (excludes halogenated alkanes) is 1. The van der Waals surface area contributed by atoms with Crippen molar-refractivity contribution in [2.75, 3.05) is 51.6 Å². The summed E-state index contributed by atoms with van der Waals surface area (Å²) >= 11 is 0. The van der Waals surface area contributed by atoms with E-state index in [1.54, 1.807) is 0 Å². The Bertz CT molecular complexity index is 575. The number of likely N-dealkylation sites (N-methyl/N-ethyl adjacent to an activating group) is 1. The Balaban J connectivity index is 0.00000364. The van der Waals surface area contributed by atoms with Crippen molar-refractivity contribution in [3.05, 3.63) is 24.3 Å². The van der Waals surface area contributed by atoms with Gasteiger partial charge in [-0.2, -0.15) is 0 Å². The van der Waals surface area contributed by atoms with Crippen molar-refractivity contribution in [3.8, 4) is 5.75 Å². The van der Waals surface area contributed by atoms with Crippen molar-refractivity contribution in [1.82, 2.24) is 9.80 Å². The van der Waals surface area contributed by atoms with Crippen LogP contribution in [0.2, 0.25) is 0 Å². The van der Waals surface area contributed by atoms with Gasteiger partial charge in [0.05, 0.1) is 0 Å². The molecule has 10 heteroatoms. The molecule has 1 aromatic carbocycles. The number of nitrogens with zero attached hydrogens (tertiary/aromatic N) is 3. The molecule has 154 valence electrons. The van der Waals surface area contributed by atoms with Gasteiger partial charge in [-0.3, -0.25) is 4.99 Å². The van der Waals surface area contributed by atoms with Gasteiger partial charge in [0.15, 0.2) is 5.96 Å². The SMILES string of the molecule is CN1CCN(CCCCN=C(N)Nc2ccc(OC(F)(F)F)cc2)CC1.I. The molecule has 0 radical (unpaired) electrons. The maximum Gasteiger partial charge on any atom is 0.573 e. The van der Waals surface area contributed by atoms with Gasteiger partial charge in [0.1, 0.15) is 5.75 Å². The van der Waals surface area contributed by atoms with E-state index < -0.39 is 6.36 Å². The number of guanidine groups is 1. The smallest absolute Gasteiger partial charge is 0.406 e. The first-order chi connectivity index (χ1) is 12.3. The quantitative estimate of drug-likeness (QED) is 0.261. The first kappa shape index (κ1) is 23.8. The van der Waals surface area contributed by atoms with Gasteiger partial charge in [-0.1, -0.05) is 0 Å². The lowest BCUT2D eigenvalue weighted by atomic mass is 10.2. The van der Waals surface area contributed by atoms with Crippen molar-refractivity contribution in [3.63, 3.8) is 0 Å². The van der Waals surface area contributed by atoms with E-state index in [1.165, 1.54) is 24.3 Å². The Kier molecular flexibility index (Phi) is 10.2. The zero-order valence-electron chi connectivity index (χ0n) is 15.3. The number of piperazine rings is 1. The van der Waals surface area contributed by atoms with Crippen LogP contribution in [0.1, 0.15) is 12.8 Å². The molecule has 27 heavy (non-hydrogen) atoms. The summed E-state index contributed by atoms with van der Waals surface area (Å²) in [7, 11) is 2.14. The second kappa shape index (κ2) is 11.5. The van der Waals surface area contributed by atoms with Crippen LogP contribution in [0.5, 0.6) is 5.75 Å². The van der Waals surface area contributed by atoms with Gasteiger partial charge in [0.2, 0.25) is 0 Å². The van der Waals surface area contributed by atoms with E-state index in [4.69, 9.17) is 5.73 Å². The third kappa shape index (κ3) is 10.0. The molecule has 1 aromatic rings. The fourth-order valence-corrected chi connectivity index (χ4v) is 2.65. The molecule has 2 rings (SSSR count). The summed E-state index contributed by atoms with van der Waals surface area (Å²) in [6, 6.07) is 5.35. The lowest BCUT2D eigenvalue weighted by molar-refractivity contribution is -0.274. The van der Waals surface area contributed by atoms with Crippen LogP contribution >= 0.6 is 24.0 Å². The molecule has 1 aliphatic rings. The molecule has 0 aliphatic carbocycles. The largest absolute Gasteiger partial charge is 0.573 e. The summed E-state index contributed by atoms with van der Waals surface area (Å²) in [5.74, 6) is -0.0310. The van der Waals surface area contributed by atoms with Crippen molar-refractivity contribution in [1.29, 1.82) is 0 Å². The van der Waals surface area contributed by atoms with Gasteiger partial charge >= 0.3 is 6.36 Å². The molecule has 0 atom stereocenters. The average Bonchev–Trinajstić information content (AvgIpc) is 2.57. The number of aliphatic imine (C=N–C) groups is 1. The Morgan fingerprint density at radius 2 is 1.78 bits per heavy atom. The summed E-state index contributed by atoms with van der Waals surface area (Å²) < 4.78 is 40.1. The number of hydrogen-bond acceptors (Lipinski definition) is 4. The molecule has 0 unspecified atom stereocenters. The van der Waals surface area contributed by atoms with Gasteiger partial charge in [0.25, 0.3) is 0 Å². The Morgan fingerprint density at radius 3 is 2.37 bits per heavy atom. The Morgan fingerprint density at radius 1 is 1.15 bits per heavy atom. The first-order valence-corrected chi connectivity index (χ1v) is 8.65. The number of nitrogens with two attached hydrogens (primary N) is 1. The fourth-order valence-electron chi connectivity index (χ4n) is 2.65. The van der Waals surface area contributed by atoms with E-state index in [0.29, 0.717) is 12.2 Å². The number of anilines is 1. The number of hydrogen-bond donors (Lipinski definition) is 2. The Labute approximate surface area is 174 Å². The third-order valence-electron chi connectivity index (χ3n) is 4.12. The highest BCUT2D eigenvalue weighted by molar-refractivity contribution is 14.0. The topological polar surface area (TPSA) is 66.1 Å². The molecular formula is C17H27F3IN5O. The summed E-state index contributed by atoms with van der Waals surface area (Å²) in [4.78, 5) is 9.02. The van der Waals surface area contributed by atoms with E-state index in [1.807, 2.05) is 0 Å². The van der Waals surface area contributed by atoms with Gasteiger partial charge in [0, 0.05) is 38.4 Å². The molecule has 0 saturated carbocycles. The molecule has 1 saturated heterocycles. The van der Waals surface area contributed by atoms with E-state index in [2.05, 4.69) is 31.9 Å². The van der Waals surface area contributed by atoms with E-state index >= 15 is 0 Å². The molecule has 1 heterocycles. The molecule has 6 nitrogen and oxygen atoms in total. The molecule has 0 bridgehead atoms. The number of rotatable bonds is 7. The molecule has 1 aliphatic heterocycles. The van der Waals surface area contributed by atoms with Gasteiger partial charge in [-0.25, -0.2) is 0 Å². The van der Waals surface area contributed by atoms with Crippen LogP contribution in [-0.4, -0.2) is 68.4 Å². The monoisotopic (exact) mass is 501 g/mol. The molecule has 3 N–H and O–H groups in total. The van der Waals surface area contributed by atoms with Crippen LogP contribution in [0, 0.1) is 0 Å². The lowest BCUT2D eigenvalue weighted by Gasteiger charge is -2.32. The maximum atomic E-state index is 12.1. The Hall–Kier alpha value is -1.27. The normalized spacial score (nSPS) is 16.7. The predicted octanol–water partition coefficient (Wildman–Crippen LogP) is 2.96. The molecule has 0 amide bonds. The van der Waals surface area contributed by atoms with E-state index in [-0.39, 0.29) is 35.7 Å². The van der Waals surface area contributed by atoms with Crippen molar-refractivity contribution in [2.45, 2.75) is 19.2 Å². The summed E-state index contributed by atoms with van der Waals surface area (Å²) in [6.45, 7) is 6.12. The third-order valence-corrected chi connectivity index (χ3v) is 4.12. The van der Waals surface area contributed by atoms with E-state index in [9.17, 15) is 13.2 Å². The number of ether oxygens (including phenoxy) is 1. The van der Waals surface area contributed by atoms with Crippen LogP contribution in [0.15, 0.2) is 29.3 Å². The van der Waals surface area contributed by atoms with Crippen LogP contribution in [0.4, 0.5) is 18.9 Å². The van der Waals surface area contributed by atoms with Crippen molar-refractivity contribution >= 4 is 35.6 Å². The zero-order valence-corrected chi connectivity index (χ0v) is 17.7. The number of nitrogens with one attached hydrogen (secondary N) is 1. The van der Waals surface area contributed by atoms with Gasteiger partial charge in [-0.15, -0.1) is 37.1 Å². The summed E-state index contributed by atoms with van der Waals surface area (Å²) in [5.41, 5.74) is 6.35. The fraction of sp³-hybridized carbons (Fsp3) is 0.588. The minimum Gasteiger partial charge on any atom is -0.406 e. The summed E-state index contributed by atoms with van der Waals surface area (Å²) in [5, 5.41) is 2.85. The number of halogens is 4. The molecule has 0 spiro atoms. The second-order valence-corrected chi connectivity index (χ2v) is 6.32. The van der Waals surface area contributed by atoms with Crippen LogP contribution in [0.3, 0.4) is 0 Å². The summed E-state index contributed by atoms with van der Waals surface area (Å²) in [6.07, 6.45) is -2.70. The molecule has 1 fully saturated rings. The van der Waals surface area contributed by atoms with Crippen LogP contribution < -0.4 is 15.8 Å². The molecule has 0 aromatic heterocycles. The van der Waals surface area contributed by atoms with Crippen molar-refractivity contribution in [2.24, 2.45) is 10.7 Å². The van der Waals surface area contributed by atoms with Gasteiger partial charge in [-0.05, 0) is 50.7 Å². The van der Waals surface area contributed by atoms with Gasteiger partial charge < -0.3 is 25.6 Å². The van der Waals surface area contributed by atoms with Crippen LogP contribution in [0.25, 0.3) is 0 Å². The standard InChI is InChI=1S/C17H26F3N5O.HI/c1-24-10-12-25(13-11-24)9-3-2-8-22-16(21)23-14-4-6-15(7-5-14)26-17(18,19)20;/h4-7H,2-3,8-13H2,1H3,(H3,21,22,23);1H. The zero-order chi connectivity index (χ0) is 19.0. The highest BCUT2D eigenvalue weighted by Gasteiger charge is 2.30. The van der Waals surface area contributed by atoms with Crippen molar-refractivity contribution < 1.29 is 17.9 Å². The maximum absolute atomic E-state index is 12.1. The first-order valence-electron chi connectivity index (χ1n) is 8.65. The average molecular weight is 501 g/mol. The predicted molar refractivity (Wildman–Crippen MR) is 112 cm³/mol. The number of alkyl halides is 3. The highest BCUT2D eigenvalue weighted by Crippen LogP contribution is 2.23. The molecular weight excluding hydrogens is 474 g/mol. The minimum atomic E-state index is -4.69. The highest BCUT2D eigenvalue weighted by atomic mass is 127.